The van der Waals surface area contributed by atoms with Gasteiger partial charge in [-0.05, 0) is 18.4 Å². The summed E-state index contributed by atoms with van der Waals surface area (Å²) in [5.41, 5.74) is 1.33. The molecule has 0 aliphatic carbocycles. The van der Waals surface area contributed by atoms with E-state index in [-0.39, 0.29) is 5.82 Å². The van der Waals surface area contributed by atoms with Gasteiger partial charge >= 0.3 is 0 Å². The first kappa shape index (κ1) is 8.44. The van der Waals surface area contributed by atoms with E-state index in [0.29, 0.717) is 10.5 Å². The average Bonchev–Trinajstić information content (AvgIpc) is 2.17. The van der Waals surface area contributed by atoms with Gasteiger partial charge < -0.3 is 0 Å². The monoisotopic (exact) mass is 194 g/mol. The first-order valence-electron chi connectivity index (χ1n) is 3.76. The fraction of sp³-hybridized carbons (Fsp3) is 0.111. The van der Waals surface area contributed by atoms with Crippen molar-refractivity contribution in [2.24, 2.45) is 0 Å². The van der Waals surface area contributed by atoms with Crippen molar-refractivity contribution in [2.75, 3.05) is 6.26 Å². The third-order valence-electron chi connectivity index (χ3n) is 1.70. The van der Waals surface area contributed by atoms with Crippen LogP contribution in [-0.2, 0) is 0 Å². The molecule has 0 aliphatic rings. The lowest BCUT2D eigenvalue weighted by Crippen LogP contribution is -1.89. The molecule has 0 aliphatic heterocycles. The summed E-state index contributed by atoms with van der Waals surface area (Å²) in [7, 11) is 0. The number of hydrogen-bond acceptors (Lipinski definition) is 3. The van der Waals surface area contributed by atoms with E-state index in [4.69, 9.17) is 0 Å². The minimum Gasteiger partial charge on any atom is -0.255 e. The Hall–Kier alpha value is -1.16. The fourth-order valence-corrected chi connectivity index (χ4v) is 1.55. The second-order valence-corrected chi connectivity index (χ2v) is 3.32. The van der Waals surface area contributed by atoms with Gasteiger partial charge in [-0.1, -0.05) is 0 Å². The van der Waals surface area contributed by atoms with Crippen LogP contribution in [0.5, 0.6) is 0 Å². The van der Waals surface area contributed by atoms with E-state index in [0.717, 1.165) is 5.52 Å². The van der Waals surface area contributed by atoms with E-state index in [2.05, 4.69) is 9.97 Å². The smallest absolute Gasteiger partial charge is 0.157 e. The molecule has 2 heterocycles. The summed E-state index contributed by atoms with van der Waals surface area (Å²) in [6, 6.07) is 5.02. The van der Waals surface area contributed by atoms with Gasteiger partial charge in [-0.25, -0.2) is 9.37 Å². The highest BCUT2D eigenvalue weighted by Gasteiger charge is 2.04. The van der Waals surface area contributed by atoms with Crippen LogP contribution in [0, 0.1) is 5.82 Å². The maximum Gasteiger partial charge on any atom is 0.157 e. The highest BCUT2D eigenvalue weighted by molar-refractivity contribution is 7.98. The molecule has 0 fully saturated rings. The zero-order valence-electron chi connectivity index (χ0n) is 6.99. The molecule has 2 nitrogen and oxygen atoms in total. The topological polar surface area (TPSA) is 25.8 Å². The molecule has 2 rings (SSSR count). The number of hydrogen-bond donors (Lipinski definition) is 0. The molecule has 0 saturated carbocycles. The number of thioether (sulfide) groups is 1. The van der Waals surface area contributed by atoms with Crippen LogP contribution in [-0.4, -0.2) is 16.2 Å². The number of halogens is 1. The van der Waals surface area contributed by atoms with Crippen molar-refractivity contribution in [2.45, 2.75) is 5.03 Å². The van der Waals surface area contributed by atoms with Crippen molar-refractivity contribution in [1.82, 2.24) is 9.97 Å². The highest BCUT2D eigenvalue weighted by Crippen LogP contribution is 2.20. The van der Waals surface area contributed by atoms with E-state index in [1.54, 1.807) is 18.5 Å². The molecule has 0 amide bonds. The summed E-state index contributed by atoms with van der Waals surface area (Å²) >= 11 is 1.30. The minimum atomic E-state index is -0.307. The lowest BCUT2D eigenvalue weighted by molar-refractivity contribution is 0.592. The molecular weight excluding hydrogens is 187 g/mol. The summed E-state index contributed by atoms with van der Waals surface area (Å²) in [6.45, 7) is 0. The summed E-state index contributed by atoms with van der Waals surface area (Å²) in [5, 5.41) is 0.417. The maximum atomic E-state index is 13.2. The Labute approximate surface area is 79.2 Å². The molecule has 0 spiro atoms. The van der Waals surface area contributed by atoms with E-state index in [1.165, 1.54) is 17.8 Å². The van der Waals surface area contributed by atoms with Crippen LogP contribution < -0.4 is 0 Å². The number of pyridine rings is 2. The van der Waals surface area contributed by atoms with Crippen LogP contribution in [0.2, 0.25) is 0 Å². The SMILES string of the molecule is CSc1nc2cccnc2cc1F. The molecule has 2 aromatic heterocycles. The van der Waals surface area contributed by atoms with E-state index < -0.39 is 0 Å². The van der Waals surface area contributed by atoms with Crippen molar-refractivity contribution >= 4 is 22.8 Å². The van der Waals surface area contributed by atoms with Crippen LogP contribution in [0.25, 0.3) is 11.0 Å². The second-order valence-electron chi connectivity index (χ2n) is 2.52. The maximum absolute atomic E-state index is 13.2. The average molecular weight is 194 g/mol. The standard InChI is InChI=1S/C9H7FN2S/c1-13-9-6(10)5-8-7(12-9)3-2-4-11-8/h2-5H,1H3. The van der Waals surface area contributed by atoms with Crippen molar-refractivity contribution in [3.8, 4) is 0 Å². The third kappa shape index (κ3) is 1.49. The Morgan fingerprint density at radius 2 is 2.23 bits per heavy atom. The molecule has 0 saturated heterocycles. The predicted octanol–water partition coefficient (Wildman–Crippen LogP) is 2.49. The molecule has 0 radical (unpaired) electrons. The van der Waals surface area contributed by atoms with Gasteiger partial charge in [0, 0.05) is 12.3 Å². The molecule has 0 bridgehead atoms. The molecule has 0 unspecified atom stereocenters. The minimum absolute atomic E-state index is 0.307. The number of fused-ring (bicyclic) bond motifs is 1. The van der Waals surface area contributed by atoms with E-state index in [1.807, 2.05) is 6.07 Å². The van der Waals surface area contributed by atoms with Crippen LogP contribution in [0.1, 0.15) is 0 Å². The second kappa shape index (κ2) is 3.30. The van der Waals surface area contributed by atoms with Gasteiger partial charge in [-0.3, -0.25) is 4.98 Å². The molecule has 66 valence electrons. The van der Waals surface area contributed by atoms with Gasteiger partial charge in [0.25, 0.3) is 0 Å². The largest absolute Gasteiger partial charge is 0.255 e. The summed E-state index contributed by atoms with van der Waals surface area (Å²) in [6.07, 6.45) is 3.43. The zero-order chi connectivity index (χ0) is 9.26. The molecule has 0 aromatic carbocycles. The van der Waals surface area contributed by atoms with Crippen LogP contribution in [0.3, 0.4) is 0 Å². The molecule has 2 aromatic rings. The summed E-state index contributed by atoms with van der Waals surface area (Å²) in [5.74, 6) is -0.307. The summed E-state index contributed by atoms with van der Waals surface area (Å²) < 4.78 is 13.2. The van der Waals surface area contributed by atoms with Crippen LogP contribution >= 0.6 is 11.8 Å². The molecule has 13 heavy (non-hydrogen) atoms. The Kier molecular flexibility index (Phi) is 2.14. The Balaban J connectivity index is 2.74. The Morgan fingerprint density at radius 3 is 3.00 bits per heavy atom. The normalized spacial score (nSPS) is 10.6. The molecule has 0 N–H and O–H groups in total. The third-order valence-corrected chi connectivity index (χ3v) is 2.37. The number of aromatic nitrogens is 2. The number of rotatable bonds is 1. The Bertz CT molecular complexity index is 445. The van der Waals surface area contributed by atoms with E-state index >= 15 is 0 Å². The van der Waals surface area contributed by atoms with Gasteiger partial charge in [0.15, 0.2) is 5.82 Å². The van der Waals surface area contributed by atoms with Crippen molar-refractivity contribution in [1.29, 1.82) is 0 Å². The summed E-state index contributed by atoms with van der Waals surface area (Å²) in [4.78, 5) is 8.12. The Morgan fingerprint density at radius 1 is 1.38 bits per heavy atom. The first-order valence-corrected chi connectivity index (χ1v) is 4.99. The highest BCUT2D eigenvalue weighted by atomic mass is 32.2. The van der Waals surface area contributed by atoms with E-state index in [9.17, 15) is 4.39 Å². The van der Waals surface area contributed by atoms with Gasteiger partial charge in [-0.2, -0.15) is 0 Å². The lowest BCUT2D eigenvalue weighted by atomic mass is 10.3. The van der Waals surface area contributed by atoms with Crippen molar-refractivity contribution < 1.29 is 4.39 Å². The first-order chi connectivity index (χ1) is 6.31. The van der Waals surface area contributed by atoms with Gasteiger partial charge in [0.05, 0.1) is 11.0 Å². The predicted molar refractivity (Wildman–Crippen MR) is 51.3 cm³/mol. The molecule has 0 atom stereocenters. The molecular formula is C9H7FN2S. The van der Waals surface area contributed by atoms with Gasteiger partial charge in [0.1, 0.15) is 5.03 Å². The van der Waals surface area contributed by atoms with Crippen molar-refractivity contribution in [3.05, 3.63) is 30.2 Å². The lowest BCUT2D eigenvalue weighted by Gasteiger charge is -2.00. The number of nitrogens with zero attached hydrogens (tertiary/aromatic N) is 2. The fourth-order valence-electron chi connectivity index (χ4n) is 1.10. The quantitative estimate of drug-likeness (QED) is 0.652. The van der Waals surface area contributed by atoms with Gasteiger partial charge in [-0.15, -0.1) is 11.8 Å². The van der Waals surface area contributed by atoms with Crippen LogP contribution in [0.4, 0.5) is 4.39 Å². The zero-order valence-corrected chi connectivity index (χ0v) is 7.81. The molecule has 4 heteroatoms. The van der Waals surface area contributed by atoms with Gasteiger partial charge in [0.2, 0.25) is 0 Å². The van der Waals surface area contributed by atoms with Crippen LogP contribution in [0.15, 0.2) is 29.4 Å². The van der Waals surface area contributed by atoms with Crippen molar-refractivity contribution in [3.63, 3.8) is 0 Å².